The zero-order valence-electron chi connectivity index (χ0n) is 14.6. The summed E-state index contributed by atoms with van der Waals surface area (Å²) in [6, 6.07) is 10.4. The van der Waals surface area contributed by atoms with E-state index in [1.165, 1.54) is 38.5 Å². The Morgan fingerprint density at radius 3 is 2.76 bits per heavy atom. The molecule has 2 aromatic rings. The fraction of sp³-hybridized carbons (Fsp3) is 0.550. The van der Waals surface area contributed by atoms with Crippen molar-refractivity contribution in [2.45, 2.75) is 57.4 Å². The lowest BCUT2D eigenvalue weighted by molar-refractivity contribution is -0.121. The van der Waals surface area contributed by atoms with Crippen molar-refractivity contribution in [3.05, 3.63) is 42.5 Å². The first-order valence-electron chi connectivity index (χ1n) is 9.55. The highest BCUT2D eigenvalue weighted by Gasteiger charge is 2.43. The van der Waals surface area contributed by atoms with Gasteiger partial charge in [0.05, 0.1) is 0 Å². The normalized spacial score (nSPS) is 23.4. The van der Waals surface area contributed by atoms with Crippen LogP contribution in [-0.4, -0.2) is 26.7 Å². The molecule has 5 nitrogen and oxygen atoms in total. The van der Waals surface area contributed by atoms with Crippen LogP contribution in [0.15, 0.2) is 36.7 Å². The van der Waals surface area contributed by atoms with Crippen LogP contribution in [0.4, 0.5) is 0 Å². The largest absolute Gasteiger partial charge is 0.353 e. The van der Waals surface area contributed by atoms with Crippen molar-refractivity contribution in [2.75, 3.05) is 0 Å². The SMILES string of the molecule is O=C(CCc1nncn1-c1ccccc1)N[C@H]1C[C@@H]1C1CCCCC1. The summed E-state index contributed by atoms with van der Waals surface area (Å²) in [7, 11) is 0. The van der Waals surface area contributed by atoms with Gasteiger partial charge >= 0.3 is 0 Å². The molecule has 25 heavy (non-hydrogen) atoms. The van der Waals surface area contributed by atoms with Crippen molar-refractivity contribution < 1.29 is 4.79 Å². The molecular weight excluding hydrogens is 312 g/mol. The summed E-state index contributed by atoms with van der Waals surface area (Å²) < 4.78 is 1.95. The van der Waals surface area contributed by atoms with Gasteiger partial charge in [-0.25, -0.2) is 0 Å². The lowest BCUT2D eigenvalue weighted by Gasteiger charge is -2.21. The number of benzene rings is 1. The lowest BCUT2D eigenvalue weighted by atomic mass is 9.85. The predicted octanol–water partition coefficient (Wildman–Crippen LogP) is 3.28. The minimum atomic E-state index is 0.144. The molecule has 5 heteroatoms. The van der Waals surface area contributed by atoms with Gasteiger partial charge in [0, 0.05) is 24.6 Å². The molecule has 132 valence electrons. The van der Waals surface area contributed by atoms with E-state index >= 15 is 0 Å². The molecule has 1 aromatic carbocycles. The van der Waals surface area contributed by atoms with E-state index in [0.29, 0.717) is 18.9 Å². The molecule has 2 aliphatic carbocycles. The van der Waals surface area contributed by atoms with Crippen LogP contribution < -0.4 is 5.32 Å². The van der Waals surface area contributed by atoms with Crippen molar-refractivity contribution in [1.29, 1.82) is 0 Å². The first kappa shape index (κ1) is 16.3. The third kappa shape index (κ3) is 3.91. The summed E-state index contributed by atoms with van der Waals surface area (Å²) in [4.78, 5) is 12.3. The molecular formula is C20H26N4O. The monoisotopic (exact) mass is 338 g/mol. The summed E-state index contributed by atoms with van der Waals surface area (Å²) in [5.74, 6) is 2.56. The molecule has 0 bridgehead atoms. The van der Waals surface area contributed by atoms with Crippen LogP contribution in [0.3, 0.4) is 0 Å². The molecule has 0 unspecified atom stereocenters. The maximum Gasteiger partial charge on any atom is 0.220 e. The Kier molecular flexibility index (Phi) is 4.81. The third-order valence-corrected chi connectivity index (χ3v) is 5.67. The maximum absolute atomic E-state index is 12.3. The van der Waals surface area contributed by atoms with Crippen LogP contribution >= 0.6 is 0 Å². The fourth-order valence-electron chi connectivity index (χ4n) is 4.20. The third-order valence-electron chi connectivity index (χ3n) is 5.67. The Balaban J connectivity index is 1.27. The summed E-state index contributed by atoms with van der Waals surface area (Å²) in [6.07, 6.45) is 10.8. The number of aromatic nitrogens is 3. The molecule has 1 amide bonds. The van der Waals surface area contributed by atoms with Crippen LogP contribution in [0.2, 0.25) is 0 Å². The van der Waals surface area contributed by atoms with Gasteiger partial charge in [0.25, 0.3) is 0 Å². The number of hydrogen-bond acceptors (Lipinski definition) is 3. The number of nitrogens with one attached hydrogen (secondary N) is 1. The van der Waals surface area contributed by atoms with Gasteiger partial charge in [0.1, 0.15) is 12.2 Å². The van der Waals surface area contributed by atoms with E-state index in [1.54, 1.807) is 6.33 Å². The minimum Gasteiger partial charge on any atom is -0.353 e. The number of aryl methyl sites for hydroxylation is 1. The summed E-state index contributed by atoms with van der Waals surface area (Å²) in [5.41, 5.74) is 1.03. The Labute approximate surface area is 148 Å². The Morgan fingerprint density at radius 2 is 1.96 bits per heavy atom. The van der Waals surface area contributed by atoms with Gasteiger partial charge in [-0.15, -0.1) is 10.2 Å². The zero-order chi connectivity index (χ0) is 17.1. The predicted molar refractivity (Wildman–Crippen MR) is 96.3 cm³/mol. The van der Waals surface area contributed by atoms with Crippen LogP contribution in [0.25, 0.3) is 5.69 Å². The van der Waals surface area contributed by atoms with E-state index in [-0.39, 0.29) is 5.91 Å². The highest BCUT2D eigenvalue weighted by molar-refractivity contribution is 5.76. The van der Waals surface area contributed by atoms with E-state index in [9.17, 15) is 4.79 Å². The average molecular weight is 338 g/mol. The molecule has 4 rings (SSSR count). The van der Waals surface area contributed by atoms with Gasteiger partial charge in [0.15, 0.2) is 0 Å². The Morgan fingerprint density at radius 1 is 1.16 bits per heavy atom. The molecule has 2 atom stereocenters. The molecule has 1 N–H and O–H groups in total. The molecule has 2 saturated carbocycles. The minimum absolute atomic E-state index is 0.144. The second kappa shape index (κ2) is 7.38. The number of amides is 1. The number of nitrogens with zero attached hydrogens (tertiary/aromatic N) is 3. The fourth-order valence-corrected chi connectivity index (χ4v) is 4.20. The highest BCUT2D eigenvalue weighted by Crippen LogP contribution is 2.44. The van der Waals surface area contributed by atoms with E-state index in [1.807, 2.05) is 34.9 Å². The number of hydrogen-bond donors (Lipinski definition) is 1. The average Bonchev–Trinajstić information content (AvgIpc) is 3.26. The number of rotatable bonds is 6. The van der Waals surface area contributed by atoms with Crippen molar-refractivity contribution >= 4 is 5.91 Å². The van der Waals surface area contributed by atoms with Crippen LogP contribution in [-0.2, 0) is 11.2 Å². The van der Waals surface area contributed by atoms with Crippen molar-refractivity contribution in [3.63, 3.8) is 0 Å². The first-order chi connectivity index (χ1) is 12.3. The zero-order valence-corrected chi connectivity index (χ0v) is 14.6. The van der Waals surface area contributed by atoms with Gasteiger partial charge in [-0.3, -0.25) is 9.36 Å². The maximum atomic E-state index is 12.3. The van der Waals surface area contributed by atoms with E-state index in [2.05, 4.69) is 15.5 Å². The Hall–Kier alpha value is -2.17. The van der Waals surface area contributed by atoms with Gasteiger partial charge in [-0.2, -0.15) is 0 Å². The Bertz CT molecular complexity index is 705. The van der Waals surface area contributed by atoms with Crippen LogP contribution in [0.5, 0.6) is 0 Å². The summed E-state index contributed by atoms with van der Waals surface area (Å²) in [5, 5.41) is 11.4. The van der Waals surface area contributed by atoms with E-state index in [0.717, 1.165) is 23.3 Å². The second-order valence-electron chi connectivity index (χ2n) is 7.42. The van der Waals surface area contributed by atoms with Crippen LogP contribution in [0, 0.1) is 11.8 Å². The molecule has 0 saturated heterocycles. The van der Waals surface area contributed by atoms with Crippen molar-refractivity contribution in [2.24, 2.45) is 11.8 Å². The van der Waals surface area contributed by atoms with Crippen LogP contribution in [0.1, 0.15) is 50.8 Å². The molecule has 0 radical (unpaired) electrons. The van der Waals surface area contributed by atoms with Crippen molar-refractivity contribution in [3.8, 4) is 5.69 Å². The molecule has 0 spiro atoms. The molecule has 2 aliphatic rings. The summed E-state index contributed by atoms with van der Waals surface area (Å²) >= 11 is 0. The standard InChI is InChI=1S/C20H26N4O/c25-20(22-18-13-17(18)15-7-3-1-4-8-15)12-11-19-23-21-14-24(19)16-9-5-2-6-10-16/h2,5-6,9-10,14-15,17-18H,1,3-4,7-8,11-13H2,(H,22,25)/t17-,18+/m1/s1. The first-order valence-corrected chi connectivity index (χ1v) is 9.55. The van der Waals surface area contributed by atoms with Gasteiger partial charge < -0.3 is 5.32 Å². The smallest absolute Gasteiger partial charge is 0.220 e. The van der Waals surface area contributed by atoms with Gasteiger partial charge in [0.2, 0.25) is 5.91 Å². The van der Waals surface area contributed by atoms with Gasteiger partial charge in [-0.1, -0.05) is 50.3 Å². The molecule has 1 heterocycles. The number of carbonyl (C=O) groups excluding carboxylic acids is 1. The van der Waals surface area contributed by atoms with E-state index < -0.39 is 0 Å². The number of para-hydroxylation sites is 1. The molecule has 0 aliphatic heterocycles. The topological polar surface area (TPSA) is 59.8 Å². The second-order valence-corrected chi connectivity index (χ2v) is 7.42. The molecule has 2 fully saturated rings. The number of carbonyl (C=O) groups is 1. The molecule has 1 aromatic heterocycles. The van der Waals surface area contributed by atoms with Crippen molar-refractivity contribution in [1.82, 2.24) is 20.1 Å². The van der Waals surface area contributed by atoms with E-state index in [4.69, 9.17) is 0 Å². The lowest BCUT2D eigenvalue weighted by Crippen LogP contribution is -2.28. The highest BCUT2D eigenvalue weighted by atomic mass is 16.1. The van der Waals surface area contributed by atoms with Gasteiger partial charge in [-0.05, 0) is 30.4 Å². The summed E-state index contributed by atoms with van der Waals surface area (Å²) in [6.45, 7) is 0. The quantitative estimate of drug-likeness (QED) is 0.879.